The number of rotatable bonds is 39. The van der Waals surface area contributed by atoms with E-state index in [2.05, 4.69) is 56.0 Å². The molecular formula is C49H86O10. The Hall–Kier alpha value is -2.30. The summed E-state index contributed by atoms with van der Waals surface area (Å²) >= 11 is 0. The molecular weight excluding hydrogens is 749 g/mol. The lowest BCUT2D eigenvalue weighted by molar-refractivity contribution is -0.305. The number of ether oxygens (including phenoxy) is 4. The smallest absolute Gasteiger partial charge is 0.306 e. The van der Waals surface area contributed by atoms with Crippen LogP contribution < -0.4 is 0 Å². The van der Waals surface area contributed by atoms with E-state index in [1.807, 2.05) is 0 Å². The summed E-state index contributed by atoms with van der Waals surface area (Å²) in [5.74, 6) is -0.830. The summed E-state index contributed by atoms with van der Waals surface area (Å²) in [5.41, 5.74) is 3.29. The molecule has 0 aromatic carbocycles. The number of hydrogen-bond acceptors (Lipinski definition) is 10. The van der Waals surface area contributed by atoms with Crippen LogP contribution in [-0.4, -0.2) is 89.0 Å². The predicted octanol–water partition coefficient (Wildman–Crippen LogP) is 10.4. The summed E-state index contributed by atoms with van der Waals surface area (Å²) in [6.45, 7) is 3.36. The van der Waals surface area contributed by atoms with Gasteiger partial charge in [-0.25, -0.2) is 0 Å². The van der Waals surface area contributed by atoms with Crippen molar-refractivity contribution >= 4 is 11.9 Å². The summed E-state index contributed by atoms with van der Waals surface area (Å²) < 4.78 is 22.2. The van der Waals surface area contributed by atoms with Crippen molar-refractivity contribution in [1.29, 1.82) is 0 Å². The Morgan fingerprint density at radius 2 is 1.05 bits per heavy atom. The molecule has 4 N–H and O–H groups in total. The highest BCUT2D eigenvalue weighted by Crippen LogP contribution is 2.23. The number of aliphatic hydroxyl groups excluding tert-OH is 4. The zero-order valence-electron chi connectivity index (χ0n) is 37.3. The molecule has 0 aromatic rings. The van der Waals surface area contributed by atoms with E-state index >= 15 is 0 Å². The third-order valence-corrected chi connectivity index (χ3v) is 10.8. The van der Waals surface area contributed by atoms with Gasteiger partial charge in [0.2, 0.25) is 0 Å². The quantitative estimate of drug-likeness (QED) is 0.0204. The summed E-state index contributed by atoms with van der Waals surface area (Å²) in [6.07, 6.45) is 36.4. The van der Waals surface area contributed by atoms with E-state index in [1.165, 1.54) is 89.9 Å². The van der Waals surface area contributed by atoms with Crippen LogP contribution >= 0.6 is 0 Å². The van der Waals surface area contributed by atoms with Crippen LogP contribution in [0.5, 0.6) is 0 Å². The van der Waals surface area contributed by atoms with Crippen molar-refractivity contribution in [1.82, 2.24) is 0 Å². The maximum Gasteiger partial charge on any atom is 0.306 e. The molecule has 59 heavy (non-hydrogen) atoms. The minimum Gasteiger partial charge on any atom is -0.462 e. The van der Waals surface area contributed by atoms with Gasteiger partial charge < -0.3 is 39.4 Å². The molecule has 1 saturated heterocycles. The summed E-state index contributed by atoms with van der Waals surface area (Å²) in [7, 11) is 0. The maximum atomic E-state index is 12.8. The molecule has 1 heterocycles. The lowest BCUT2D eigenvalue weighted by Gasteiger charge is -2.39. The first-order valence-electron chi connectivity index (χ1n) is 23.8. The van der Waals surface area contributed by atoms with Gasteiger partial charge in [0.25, 0.3) is 0 Å². The van der Waals surface area contributed by atoms with E-state index < -0.39 is 49.4 Å². The van der Waals surface area contributed by atoms with Crippen molar-refractivity contribution in [3.05, 3.63) is 42.2 Å². The molecule has 0 aliphatic carbocycles. The van der Waals surface area contributed by atoms with Crippen LogP contribution in [0.1, 0.15) is 200 Å². The van der Waals surface area contributed by atoms with E-state index in [4.69, 9.17) is 18.9 Å². The van der Waals surface area contributed by atoms with E-state index in [9.17, 15) is 30.0 Å². The highest BCUT2D eigenvalue weighted by atomic mass is 16.7. The number of carbonyl (C=O) groups excluding carboxylic acids is 2. The van der Waals surface area contributed by atoms with Crippen molar-refractivity contribution in [3.63, 3.8) is 0 Å². The number of esters is 2. The molecule has 0 spiro atoms. The molecule has 1 fully saturated rings. The molecule has 1 rings (SSSR count). The standard InChI is InChI=1S/C49H86O10/c1-3-5-7-9-11-13-15-17-19-20-21-22-24-25-27-29-31-33-35-37-44(51)56-40-42(41-57-49-48(55)47(54)46(53)43(39-50)59-49)58-45(52)38-36-34-32-30-28-26-23-18-16-14-12-10-8-6-4-2/h11,13,16-17,19,23,42-43,46-50,53-55H,3-10,12,14-15,20-22,24-41H2,1-2H3/b13-11+,19-17+/t18?,42-,43-,46+,47?,48?,49-/m0/s1. The van der Waals surface area contributed by atoms with Gasteiger partial charge in [-0.05, 0) is 82.8 Å². The first-order chi connectivity index (χ1) is 28.8. The lowest BCUT2D eigenvalue weighted by Crippen LogP contribution is -2.59. The van der Waals surface area contributed by atoms with Gasteiger partial charge in [-0.15, -0.1) is 5.73 Å². The van der Waals surface area contributed by atoms with Crippen LogP contribution in [0.2, 0.25) is 0 Å². The molecule has 1 aliphatic heterocycles. The molecule has 2 unspecified atom stereocenters. The Balaban J connectivity index is 2.31. The van der Waals surface area contributed by atoms with E-state index in [0.29, 0.717) is 6.42 Å². The molecule has 10 nitrogen and oxygen atoms in total. The fraction of sp³-hybridized carbons (Fsp3) is 0.816. The maximum absolute atomic E-state index is 12.8. The molecule has 0 aromatic heterocycles. The number of hydrogen-bond donors (Lipinski definition) is 4. The van der Waals surface area contributed by atoms with E-state index in [0.717, 1.165) is 77.0 Å². The minimum absolute atomic E-state index is 0.208. The monoisotopic (exact) mass is 835 g/mol. The zero-order valence-corrected chi connectivity index (χ0v) is 37.3. The molecule has 342 valence electrons. The fourth-order valence-electron chi connectivity index (χ4n) is 6.96. The lowest BCUT2D eigenvalue weighted by atomic mass is 9.99. The Kier molecular flexibility index (Phi) is 36.9. The van der Waals surface area contributed by atoms with E-state index in [-0.39, 0.29) is 32.0 Å². The Morgan fingerprint density at radius 3 is 1.61 bits per heavy atom. The molecule has 6 atom stereocenters. The third kappa shape index (κ3) is 31.2. The van der Waals surface area contributed by atoms with Gasteiger partial charge >= 0.3 is 11.9 Å². The van der Waals surface area contributed by atoms with Gasteiger partial charge in [-0.1, -0.05) is 141 Å². The SMILES string of the molecule is CCCCC/C=C/C/C=C/CCCCCCCCCCCC(=O)OC[C@@H](CO[C@H]1O[C@@H](CO)[C@@H](O)C(O)C1O)OC(=O)CCCCCCCC=C=CCCCCCCC. The van der Waals surface area contributed by atoms with Gasteiger partial charge in [0.05, 0.1) is 13.2 Å². The Bertz CT molecular complexity index is 1110. The number of carbonyl (C=O) groups is 2. The minimum atomic E-state index is -1.60. The predicted molar refractivity (Wildman–Crippen MR) is 237 cm³/mol. The van der Waals surface area contributed by atoms with Gasteiger partial charge in [-0.2, -0.15) is 0 Å². The van der Waals surface area contributed by atoms with Crippen LogP contribution in [0.3, 0.4) is 0 Å². The largest absolute Gasteiger partial charge is 0.462 e. The van der Waals surface area contributed by atoms with Crippen molar-refractivity contribution in [2.75, 3.05) is 19.8 Å². The number of unbranched alkanes of at least 4 members (excludes halogenated alkanes) is 22. The van der Waals surface area contributed by atoms with Crippen LogP contribution in [0, 0.1) is 0 Å². The fourth-order valence-corrected chi connectivity index (χ4v) is 6.96. The van der Waals surface area contributed by atoms with Crippen LogP contribution in [0.25, 0.3) is 0 Å². The van der Waals surface area contributed by atoms with Crippen LogP contribution in [-0.2, 0) is 28.5 Å². The summed E-state index contributed by atoms with van der Waals surface area (Å²) in [5, 5.41) is 40.1. The summed E-state index contributed by atoms with van der Waals surface area (Å²) in [4.78, 5) is 25.4. The second-order valence-corrected chi connectivity index (χ2v) is 16.3. The second kappa shape index (κ2) is 39.8. The van der Waals surface area contributed by atoms with Crippen LogP contribution in [0.15, 0.2) is 42.2 Å². The average Bonchev–Trinajstić information content (AvgIpc) is 3.23. The molecule has 0 radical (unpaired) electrons. The number of aliphatic hydroxyl groups is 4. The Labute approximate surface area is 358 Å². The molecule has 0 bridgehead atoms. The first-order valence-corrected chi connectivity index (χ1v) is 23.8. The van der Waals surface area contributed by atoms with Crippen molar-refractivity contribution in [3.8, 4) is 0 Å². The first kappa shape index (κ1) is 54.7. The van der Waals surface area contributed by atoms with E-state index in [1.54, 1.807) is 0 Å². The van der Waals surface area contributed by atoms with Gasteiger partial charge in [0.1, 0.15) is 31.0 Å². The molecule has 0 saturated carbocycles. The highest BCUT2D eigenvalue weighted by molar-refractivity contribution is 5.70. The zero-order chi connectivity index (χ0) is 43.0. The molecule has 10 heteroatoms. The van der Waals surface area contributed by atoms with Crippen molar-refractivity contribution in [2.45, 2.75) is 237 Å². The van der Waals surface area contributed by atoms with Crippen molar-refractivity contribution < 1.29 is 49.0 Å². The van der Waals surface area contributed by atoms with Crippen molar-refractivity contribution in [2.24, 2.45) is 0 Å². The molecule has 0 amide bonds. The topological polar surface area (TPSA) is 152 Å². The van der Waals surface area contributed by atoms with Crippen LogP contribution in [0.4, 0.5) is 0 Å². The Morgan fingerprint density at radius 1 is 0.576 bits per heavy atom. The number of allylic oxidation sites excluding steroid dienone is 5. The summed E-state index contributed by atoms with van der Waals surface area (Å²) in [6, 6.07) is 0. The second-order valence-electron chi connectivity index (χ2n) is 16.3. The van der Waals surface area contributed by atoms with Gasteiger partial charge in [-0.3, -0.25) is 9.59 Å². The van der Waals surface area contributed by atoms with Gasteiger partial charge in [0, 0.05) is 12.8 Å². The van der Waals surface area contributed by atoms with Gasteiger partial charge in [0.15, 0.2) is 12.4 Å². The normalized spacial score (nSPS) is 19.9. The molecule has 1 aliphatic rings. The highest BCUT2D eigenvalue weighted by Gasteiger charge is 2.44. The average molecular weight is 835 g/mol. The third-order valence-electron chi connectivity index (χ3n) is 10.8.